The van der Waals surface area contributed by atoms with Crippen molar-refractivity contribution < 1.29 is 4.79 Å². The highest BCUT2D eigenvalue weighted by Gasteiger charge is 2.30. The molecule has 14 heavy (non-hydrogen) atoms. The van der Waals surface area contributed by atoms with Gasteiger partial charge in [-0.15, -0.1) is 0 Å². The van der Waals surface area contributed by atoms with Crippen molar-refractivity contribution in [2.24, 2.45) is 5.41 Å². The van der Waals surface area contributed by atoms with Gasteiger partial charge in [-0.05, 0) is 18.3 Å². The van der Waals surface area contributed by atoms with E-state index in [2.05, 4.69) is 21.2 Å². The molecule has 1 amide bonds. The van der Waals surface area contributed by atoms with Gasteiger partial charge in [-0.25, -0.2) is 0 Å². The zero-order valence-corrected chi connectivity index (χ0v) is 10.5. The van der Waals surface area contributed by atoms with E-state index in [0.717, 1.165) is 11.9 Å². The standard InChI is InChI=1S/C11H20BrNO/c1-2-10(14)13-9-11(8-12)6-4-3-5-7-11/h2-9H2,1H3,(H,13,14). The van der Waals surface area contributed by atoms with Gasteiger partial charge in [0.2, 0.25) is 5.91 Å². The minimum atomic E-state index is 0.177. The fourth-order valence-corrected chi connectivity index (χ4v) is 2.83. The lowest BCUT2D eigenvalue weighted by Crippen LogP contribution is -2.39. The SMILES string of the molecule is CCC(=O)NCC1(CBr)CCCCC1. The lowest BCUT2D eigenvalue weighted by Gasteiger charge is -2.35. The molecule has 1 N–H and O–H groups in total. The first-order valence-electron chi connectivity index (χ1n) is 5.55. The van der Waals surface area contributed by atoms with Crippen molar-refractivity contribution in [3.8, 4) is 0 Å². The second-order valence-corrected chi connectivity index (χ2v) is 4.89. The third-order valence-electron chi connectivity index (χ3n) is 3.18. The average molecular weight is 262 g/mol. The number of hydrogen-bond donors (Lipinski definition) is 1. The molecule has 0 saturated heterocycles. The van der Waals surface area contributed by atoms with Crippen LogP contribution in [-0.2, 0) is 4.79 Å². The summed E-state index contributed by atoms with van der Waals surface area (Å²) in [4.78, 5) is 11.2. The minimum Gasteiger partial charge on any atom is -0.356 e. The number of alkyl halides is 1. The maximum Gasteiger partial charge on any atom is 0.219 e. The summed E-state index contributed by atoms with van der Waals surface area (Å²) < 4.78 is 0. The summed E-state index contributed by atoms with van der Waals surface area (Å²) in [7, 11) is 0. The summed E-state index contributed by atoms with van der Waals surface area (Å²) in [6, 6.07) is 0. The molecule has 0 unspecified atom stereocenters. The molecule has 0 aromatic carbocycles. The van der Waals surface area contributed by atoms with Crippen molar-refractivity contribution in [1.29, 1.82) is 0 Å². The molecule has 0 radical (unpaired) electrons. The van der Waals surface area contributed by atoms with Crippen LogP contribution in [0, 0.1) is 5.41 Å². The first-order chi connectivity index (χ1) is 6.72. The van der Waals surface area contributed by atoms with E-state index >= 15 is 0 Å². The third-order valence-corrected chi connectivity index (χ3v) is 4.37. The van der Waals surface area contributed by atoms with Crippen LogP contribution in [0.2, 0.25) is 0 Å². The normalized spacial score (nSPS) is 20.4. The zero-order chi connectivity index (χ0) is 10.4. The van der Waals surface area contributed by atoms with Crippen molar-refractivity contribution in [3.05, 3.63) is 0 Å². The van der Waals surface area contributed by atoms with Crippen LogP contribution in [0.25, 0.3) is 0 Å². The first kappa shape index (κ1) is 12.0. The summed E-state index contributed by atoms with van der Waals surface area (Å²) in [5, 5.41) is 4.04. The van der Waals surface area contributed by atoms with Crippen molar-refractivity contribution in [1.82, 2.24) is 5.32 Å². The van der Waals surface area contributed by atoms with Crippen LogP contribution in [-0.4, -0.2) is 17.8 Å². The summed E-state index contributed by atoms with van der Waals surface area (Å²) in [6.07, 6.45) is 7.08. The zero-order valence-electron chi connectivity index (χ0n) is 8.94. The van der Waals surface area contributed by atoms with Gasteiger partial charge in [-0.3, -0.25) is 4.79 Å². The van der Waals surface area contributed by atoms with Crippen LogP contribution < -0.4 is 5.32 Å². The molecule has 0 aliphatic heterocycles. The molecule has 1 fully saturated rings. The largest absolute Gasteiger partial charge is 0.356 e. The van der Waals surface area contributed by atoms with E-state index in [1.807, 2.05) is 6.92 Å². The molecule has 82 valence electrons. The predicted octanol–water partition coefficient (Wildman–Crippen LogP) is 2.86. The van der Waals surface area contributed by atoms with Crippen LogP contribution in [0.5, 0.6) is 0 Å². The fraction of sp³-hybridized carbons (Fsp3) is 0.909. The van der Waals surface area contributed by atoms with Gasteiger partial charge in [0.05, 0.1) is 0 Å². The molecule has 1 saturated carbocycles. The number of carbonyl (C=O) groups is 1. The molecule has 0 aromatic heterocycles. The second kappa shape index (κ2) is 5.74. The Morgan fingerprint density at radius 1 is 1.36 bits per heavy atom. The van der Waals surface area contributed by atoms with Crippen LogP contribution in [0.1, 0.15) is 45.4 Å². The van der Waals surface area contributed by atoms with Crippen molar-refractivity contribution in [2.45, 2.75) is 45.4 Å². The summed E-state index contributed by atoms with van der Waals surface area (Å²) in [5.41, 5.74) is 0.336. The number of amides is 1. The van der Waals surface area contributed by atoms with E-state index in [1.54, 1.807) is 0 Å². The van der Waals surface area contributed by atoms with Crippen molar-refractivity contribution >= 4 is 21.8 Å². The van der Waals surface area contributed by atoms with Crippen LogP contribution in [0.4, 0.5) is 0 Å². The van der Waals surface area contributed by atoms with Crippen LogP contribution in [0.15, 0.2) is 0 Å². The lowest BCUT2D eigenvalue weighted by molar-refractivity contribution is -0.121. The number of carbonyl (C=O) groups excluding carboxylic acids is 1. The number of hydrogen-bond acceptors (Lipinski definition) is 1. The van der Waals surface area contributed by atoms with E-state index < -0.39 is 0 Å². The quantitative estimate of drug-likeness (QED) is 0.775. The van der Waals surface area contributed by atoms with E-state index in [9.17, 15) is 4.79 Å². The lowest BCUT2D eigenvalue weighted by atomic mass is 9.75. The number of rotatable bonds is 4. The van der Waals surface area contributed by atoms with E-state index in [1.165, 1.54) is 32.1 Å². The number of nitrogens with one attached hydrogen (secondary N) is 1. The Kier molecular flexibility index (Phi) is 4.93. The molecule has 2 nitrogen and oxygen atoms in total. The van der Waals surface area contributed by atoms with Gasteiger partial charge in [-0.1, -0.05) is 42.1 Å². The Morgan fingerprint density at radius 2 is 2.00 bits per heavy atom. The Hall–Kier alpha value is -0.0500. The maximum atomic E-state index is 11.2. The fourth-order valence-electron chi connectivity index (χ4n) is 2.07. The molecule has 1 aliphatic rings. The third kappa shape index (κ3) is 3.26. The van der Waals surface area contributed by atoms with E-state index in [-0.39, 0.29) is 5.91 Å². The van der Waals surface area contributed by atoms with Crippen LogP contribution >= 0.6 is 15.9 Å². The van der Waals surface area contributed by atoms with Crippen LogP contribution in [0.3, 0.4) is 0 Å². The second-order valence-electron chi connectivity index (χ2n) is 4.32. The van der Waals surface area contributed by atoms with E-state index in [0.29, 0.717) is 11.8 Å². The molecule has 1 aliphatic carbocycles. The Bertz CT molecular complexity index is 188. The molecule has 0 bridgehead atoms. The highest BCUT2D eigenvalue weighted by atomic mass is 79.9. The molecule has 0 atom stereocenters. The topological polar surface area (TPSA) is 29.1 Å². The molecular weight excluding hydrogens is 242 g/mol. The maximum absolute atomic E-state index is 11.2. The smallest absolute Gasteiger partial charge is 0.219 e. The highest BCUT2D eigenvalue weighted by molar-refractivity contribution is 9.09. The Balaban J connectivity index is 2.39. The van der Waals surface area contributed by atoms with Gasteiger partial charge in [-0.2, -0.15) is 0 Å². The monoisotopic (exact) mass is 261 g/mol. The molecule has 0 spiro atoms. The molecule has 0 heterocycles. The Labute approximate surface area is 95.0 Å². The summed E-state index contributed by atoms with van der Waals surface area (Å²) >= 11 is 3.59. The predicted molar refractivity (Wildman–Crippen MR) is 62.6 cm³/mol. The molecule has 0 aromatic rings. The Morgan fingerprint density at radius 3 is 2.50 bits per heavy atom. The number of halogens is 1. The first-order valence-corrected chi connectivity index (χ1v) is 6.67. The van der Waals surface area contributed by atoms with E-state index in [4.69, 9.17) is 0 Å². The van der Waals surface area contributed by atoms with Gasteiger partial charge in [0.25, 0.3) is 0 Å². The van der Waals surface area contributed by atoms with Gasteiger partial charge in [0.15, 0.2) is 0 Å². The van der Waals surface area contributed by atoms with Gasteiger partial charge in [0, 0.05) is 18.3 Å². The van der Waals surface area contributed by atoms with Gasteiger partial charge >= 0.3 is 0 Å². The molecular formula is C11H20BrNO. The minimum absolute atomic E-state index is 0.177. The molecule has 3 heteroatoms. The van der Waals surface area contributed by atoms with Gasteiger partial charge < -0.3 is 5.32 Å². The van der Waals surface area contributed by atoms with Gasteiger partial charge in [0.1, 0.15) is 0 Å². The summed E-state index contributed by atoms with van der Waals surface area (Å²) in [6.45, 7) is 2.75. The van der Waals surface area contributed by atoms with Crippen molar-refractivity contribution in [2.75, 3.05) is 11.9 Å². The summed E-state index contributed by atoms with van der Waals surface area (Å²) in [5.74, 6) is 0.177. The molecule has 1 rings (SSSR count). The average Bonchev–Trinajstić information content (AvgIpc) is 2.27. The highest BCUT2D eigenvalue weighted by Crippen LogP contribution is 2.37. The van der Waals surface area contributed by atoms with Crippen molar-refractivity contribution in [3.63, 3.8) is 0 Å².